The van der Waals surface area contributed by atoms with Gasteiger partial charge in [-0.05, 0) is 30.0 Å². The van der Waals surface area contributed by atoms with Crippen LogP contribution in [0, 0.1) is 6.92 Å². The molecule has 1 aromatic carbocycles. The Morgan fingerprint density at radius 2 is 1.78 bits per heavy atom. The summed E-state index contributed by atoms with van der Waals surface area (Å²) in [6, 6.07) is 7.54. The van der Waals surface area contributed by atoms with E-state index in [0.717, 1.165) is 16.5 Å². The van der Waals surface area contributed by atoms with Gasteiger partial charge >= 0.3 is 5.63 Å². The molecule has 0 amide bonds. The highest BCUT2D eigenvalue weighted by Crippen LogP contribution is 2.24. The topological polar surface area (TPSA) is 30.2 Å². The molecule has 0 bridgehead atoms. The average Bonchev–Trinajstić information content (AvgIpc) is 2.28. The maximum atomic E-state index is 11.4. The second-order valence-corrected chi connectivity index (χ2v) is 4.88. The third-order valence-corrected chi connectivity index (χ3v) is 2.55. The van der Waals surface area contributed by atoms with Gasteiger partial charge in [-0.15, -0.1) is 0 Å². The van der Waals surface area contributed by atoms with Gasteiger partial charge in [0.1, 0.15) is 5.58 Å². The summed E-state index contributed by atoms with van der Waals surface area (Å²) in [6.07, 6.45) is 1.25. The van der Waals surface area contributed by atoms with E-state index in [9.17, 15) is 4.79 Å². The van der Waals surface area contributed by atoms with E-state index in [1.54, 1.807) is 6.07 Å². The van der Waals surface area contributed by atoms with E-state index < -0.39 is 0 Å². The van der Waals surface area contributed by atoms with Crippen molar-refractivity contribution in [2.75, 3.05) is 0 Å². The first kappa shape index (κ1) is 14.5. The summed E-state index contributed by atoms with van der Waals surface area (Å²) in [5, 5.41) is 1.04. The molecular formula is C16H22O2. The Morgan fingerprint density at radius 1 is 1.17 bits per heavy atom. The number of rotatable bonds is 1. The molecule has 2 aromatic rings. The largest absolute Gasteiger partial charge is 0.423 e. The molecule has 0 N–H and O–H groups in total. The van der Waals surface area contributed by atoms with E-state index in [4.69, 9.17) is 4.42 Å². The number of benzene rings is 1. The SMILES string of the molecule is CCC.Cc1ccc2c(C(C)C)cc(=O)oc2c1. The first-order chi connectivity index (χ1) is 8.49. The molecule has 0 aliphatic heterocycles. The van der Waals surface area contributed by atoms with Crippen molar-refractivity contribution in [3.63, 3.8) is 0 Å². The third-order valence-electron chi connectivity index (χ3n) is 2.55. The van der Waals surface area contributed by atoms with Crippen LogP contribution in [0.4, 0.5) is 0 Å². The molecule has 0 aliphatic rings. The van der Waals surface area contributed by atoms with Gasteiger partial charge in [0.25, 0.3) is 0 Å². The lowest BCUT2D eigenvalue weighted by Gasteiger charge is -2.08. The van der Waals surface area contributed by atoms with E-state index in [0.29, 0.717) is 11.5 Å². The number of fused-ring (bicyclic) bond motifs is 1. The Hall–Kier alpha value is -1.57. The van der Waals surface area contributed by atoms with E-state index in [2.05, 4.69) is 27.7 Å². The van der Waals surface area contributed by atoms with Crippen LogP contribution in [0.15, 0.2) is 33.5 Å². The van der Waals surface area contributed by atoms with Gasteiger partial charge in [0.15, 0.2) is 0 Å². The zero-order chi connectivity index (χ0) is 13.7. The standard InChI is InChI=1S/C13H14O2.C3H8/c1-8(2)11-7-13(14)15-12-6-9(3)4-5-10(11)12;1-3-2/h4-8H,1-3H3;3H2,1-2H3. The van der Waals surface area contributed by atoms with Crippen molar-refractivity contribution in [1.29, 1.82) is 0 Å². The Bertz CT molecular complexity index is 565. The van der Waals surface area contributed by atoms with Crippen LogP contribution in [0.3, 0.4) is 0 Å². The van der Waals surface area contributed by atoms with E-state index in [1.807, 2.05) is 25.1 Å². The zero-order valence-corrected chi connectivity index (χ0v) is 11.9. The molecule has 0 saturated carbocycles. The fourth-order valence-electron chi connectivity index (χ4n) is 1.77. The van der Waals surface area contributed by atoms with Crippen LogP contribution in [0.2, 0.25) is 0 Å². The van der Waals surface area contributed by atoms with E-state index >= 15 is 0 Å². The lowest BCUT2D eigenvalue weighted by Crippen LogP contribution is -2.01. The maximum absolute atomic E-state index is 11.4. The van der Waals surface area contributed by atoms with Crippen LogP contribution >= 0.6 is 0 Å². The first-order valence-corrected chi connectivity index (χ1v) is 6.54. The van der Waals surface area contributed by atoms with Crippen molar-refractivity contribution >= 4 is 11.0 Å². The first-order valence-electron chi connectivity index (χ1n) is 6.54. The van der Waals surface area contributed by atoms with E-state index in [-0.39, 0.29) is 5.63 Å². The van der Waals surface area contributed by atoms with Crippen LogP contribution in [-0.2, 0) is 0 Å². The lowest BCUT2D eigenvalue weighted by molar-refractivity contribution is 0.557. The van der Waals surface area contributed by atoms with Gasteiger partial charge in [0, 0.05) is 11.5 Å². The minimum Gasteiger partial charge on any atom is -0.423 e. The van der Waals surface area contributed by atoms with Gasteiger partial charge in [-0.1, -0.05) is 46.2 Å². The molecule has 0 spiro atoms. The Kier molecular flexibility index (Phi) is 5.14. The quantitative estimate of drug-likeness (QED) is 0.686. The highest BCUT2D eigenvalue weighted by molar-refractivity contribution is 5.81. The monoisotopic (exact) mass is 246 g/mol. The maximum Gasteiger partial charge on any atom is 0.336 e. The van der Waals surface area contributed by atoms with E-state index in [1.165, 1.54) is 6.42 Å². The van der Waals surface area contributed by atoms with Crippen LogP contribution < -0.4 is 5.63 Å². The highest BCUT2D eigenvalue weighted by atomic mass is 16.4. The summed E-state index contributed by atoms with van der Waals surface area (Å²) in [6.45, 7) is 10.4. The normalized spacial score (nSPS) is 10.3. The predicted octanol–water partition coefficient (Wildman–Crippen LogP) is 4.64. The van der Waals surface area contributed by atoms with Gasteiger partial charge in [-0.25, -0.2) is 4.79 Å². The molecule has 0 radical (unpaired) electrons. The molecule has 0 atom stereocenters. The second-order valence-electron chi connectivity index (χ2n) is 4.88. The fraction of sp³-hybridized carbons (Fsp3) is 0.438. The minimum absolute atomic E-state index is 0.267. The molecule has 2 rings (SSSR count). The van der Waals surface area contributed by atoms with Crippen molar-refractivity contribution in [2.24, 2.45) is 0 Å². The summed E-state index contributed by atoms with van der Waals surface area (Å²) < 4.78 is 5.18. The smallest absolute Gasteiger partial charge is 0.336 e. The van der Waals surface area contributed by atoms with Crippen molar-refractivity contribution < 1.29 is 4.42 Å². The van der Waals surface area contributed by atoms with Crippen LogP contribution in [-0.4, -0.2) is 0 Å². The number of aryl methyl sites for hydroxylation is 1. The van der Waals surface area contributed by atoms with Crippen LogP contribution in [0.1, 0.15) is 51.2 Å². The van der Waals surface area contributed by atoms with Gasteiger partial charge in [0.05, 0.1) is 0 Å². The second kappa shape index (κ2) is 6.39. The van der Waals surface area contributed by atoms with Crippen molar-refractivity contribution in [3.05, 3.63) is 45.8 Å². The Labute approximate surface area is 109 Å². The van der Waals surface area contributed by atoms with Gasteiger partial charge in [-0.3, -0.25) is 0 Å². The van der Waals surface area contributed by atoms with Gasteiger partial charge < -0.3 is 4.42 Å². The van der Waals surface area contributed by atoms with Crippen molar-refractivity contribution in [2.45, 2.75) is 47.0 Å². The number of hydrogen-bond acceptors (Lipinski definition) is 2. The minimum atomic E-state index is -0.267. The van der Waals surface area contributed by atoms with Crippen LogP contribution in [0.5, 0.6) is 0 Å². The summed E-state index contributed by atoms with van der Waals surface area (Å²) in [5.74, 6) is 0.333. The fourth-order valence-corrected chi connectivity index (χ4v) is 1.77. The molecule has 2 heteroatoms. The van der Waals surface area contributed by atoms with Gasteiger partial charge in [-0.2, -0.15) is 0 Å². The molecular weight excluding hydrogens is 224 g/mol. The van der Waals surface area contributed by atoms with Gasteiger partial charge in [0.2, 0.25) is 0 Å². The zero-order valence-electron chi connectivity index (χ0n) is 11.9. The molecule has 0 saturated heterocycles. The molecule has 0 unspecified atom stereocenters. The Morgan fingerprint density at radius 3 is 2.33 bits per heavy atom. The molecule has 2 nitrogen and oxygen atoms in total. The molecule has 18 heavy (non-hydrogen) atoms. The Balaban J connectivity index is 0.000000492. The predicted molar refractivity (Wildman–Crippen MR) is 77.3 cm³/mol. The summed E-state index contributed by atoms with van der Waals surface area (Å²) in [7, 11) is 0. The third kappa shape index (κ3) is 3.46. The van der Waals surface area contributed by atoms with Crippen molar-refractivity contribution in [3.8, 4) is 0 Å². The average molecular weight is 246 g/mol. The molecule has 1 heterocycles. The molecule has 0 fully saturated rings. The summed E-state index contributed by atoms with van der Waals surface area (Å²) >= 11 is 0. The molecule has 1 aromatic heterocycles. The summed E-state index contributed by atoms with van der Waals surface area (Å²) in [5.41, 5.74) is 2.58. The lowest BCUT2D eigenvalue weighted by atomic mass is 9.99. The summed E-state index contributed by atoms with van der Waals surface area (Å²) in [4.78, 5) is 11.4. The van der Waals surface area contributed by atoms with Crippen LogP contribution in [0.25, 0.3) is 11.0 Å². The number of hydrogen-bond donors (Lipinski definition) is 0. The molecule has 0 aliphatic carbocycles. The molecule has 98 valence electrons. The highest BCUT2D eigenvalue weighted by Gasteiger charge is 2.08. The van der Waals surface area contributed by atoms with Crippen molar-refractivity contribution in [1.82, 2.24) is 0 Å².